The van der Waals surface area contributed by atoms with Gasteiger partial charge in [-0.2, -0.15) is 0 Å². The first-order valence-electron chi connectivity index (χ1n) is 4.89. The molecular weight excluding hydrogens is 204 g/mol. The molecule has 3 rings (SSSR count). The lowest BCUT2D eigenvalue weighted by atomic mass is 9.99. The highest BCUT2D eigenvalue weighted by Crippen LogP contribution is 2.47. The summed E-state index contributed by atoms with van der Waals surface area (Å²) in [5.74, 6) is 0. The molecule has 2 aromatic carbocycles. The average Bonchev–Trinajstić information content (AvgIpc) is 2.30. The van der Waals surface area contributed by atoms with Gasteiger partial charge in [-0.15, -0.1) is 0 Å². The number of rotatable bonds is 0. The standard InChI is InChI=1S/C13H10OS/c14-13-11-7-2-1-5-9(11)10-6-3-4-8-12(10)15-13/h1-8,13-14H. The second-order valence-corrected chi connectivity index (χ2v) is 4.68. The summed E-state index contributed by atoms with van der Waals surface area (Å²) in [7, 11) is 0. The van der Waals surface area contributed by atoms with Crippen molar-refractivity contribution in [1.82, 2.24) is 0 Å². The summed E-state index contributed by atoms with van der Waals surface area (Å²) in [5, 5.41) is 9.97. The fourth-order valence-corrected chi connectivity index (χ4v) is 2.97. The van der Waals surface area contributed by atoms with Gasteiger partial charge in [0, 0.05) is 4.90 Å². The van der Waals surface area contributed by atoms with Crippen molar-refractivity contribution in [1.29, 1.82) is 0 Å². The van der Waals surface area contributed by atoms with E-state index >= 15 is 0 Å². The van der Waals surface area contributed by atoms with Crippen molar-refractivity contribution in [3.8, 4) is 11.1 Å². The molecule has 1 N–H and O–H groups in total. The van der Waals surface area contributed by atoms with Crippen molar-refractivity contribution in [3.05, 3.63) is 54.1 Å². The van der Waals surface area contributed by atoms with Crippen molar-refractivity contribution >= 4 is 11.8 Å². The van der Waals surface area contributed by atoms with Crippen LogP contribution in [0.3, 0.4) is 0 Å². The molecule has 0 aliphatic carbocycles. The molecule has 0 saturated heterocycles. The van der Waals surface area contributed by atoms with Gasteiger partial charge in [0.15, 0.2) is 0 Å². The maximum absolute atomic E-state index is 9.97. The smallest absolute Gasteiger partial charge is 0.130 e. The fraction of sp³-hybridized carbons (Fsp3) is 0.0769. The molecule has 1 aliphatic heterocycles. The highest BCUT2D eigenvalue weighted by Gasteiger charge is 2.22. The van der Waals surface area contributed by atoms with Crippen LogP contribution in [0.5, 0.6) is 0 Å². The Balaban J connectivity index is 2.30. The first-order valence-corrected chi connectivity index (χ1v) is 5.77. The van der Waals surface area contributed by atoms with Crippen molar-refractivity contribution in [2.75, 3.05) is 0 Å². The Morgan fingerprint density at radius 2 is 1.53 bits per heavy atom. The zero-order valence-electron chi connectivity index (χ0n) is 8.05. The van der Waals surface area contributed by atoms with E-state index in [0.717, 1.165) is 16.0 Å². The van der Waals surface area contributed by atoms with Crippen LogP contribution in [0.4, 0.5) is 0 Å². The summed E-state index contributed by atoms with van der Waals surface area (Å²) in [6.45, 7) is 0. The van der Waals surface area contributed by atoms with Crippen LogP contribution < -0.4 is 0 Å². The fourth-order valence-electron chi connectivity index (χ4n) is 1.93. The van der Waals surface area contributed by atoms with Crippen LogP contribution in [0, 0.1) is 0 Å². The van der Waals surface area contributed by atoms with E-state index in [-0.39, 0.29) is 0 Å². The molecule has 1 heterocycles. The van der Waals surface area contributed by atoms with Gasteiger partial charge in [-0.3, -0.25) is 0 Å². The van der Waals surface area contributed by atoms with Crippen molar-refractivity contribution in [2.24, 2.45) is 0 Å². The third-order valence-corrected chi connectivity index (χ3v) is 3.73. The molecule has 0 aromatic heterocycles. The average molecular weight is 214 g/mol. The number of benzene rings is 2. The molecule has 0 bridgehead atoms. The summed E-state index contributed by atoms with van der Waals surface area (Å²) < 4.78 is 0. The van der Waals surface area contributed by atoms with Gasteiger partial charge in [-0.1, -0.05) is 54.2 Å². The molecule has 0 amide bonds. The number of fused-ring (bicyclic) bond motifs is 3. The topological polar surface area (TPSA) is 20.2 Å². The molecule has 15 heavy (non-hydrogen) atoms. The van der Waals surface area contributed by atoms with Crippen molar-refractivity contribution in [2.45, 2.75) is 10.3 Å². The minimum Gasteiger partial charge on any atom is -0.378 e. The molecule has 1 aliphatic rings. The number of aliphatic hydroxyl groups excluding tert-OH is 1. The summed E-state index contributed by atoms with van der Waals surface area (Å²) in [5.41, 5.74) is 2.96. The maximum atomic E-state index is 9.97. The minimum atomic E-state index is -0.434. The monoisotopic (exact) mass is 214 g/mol. The molecule has 74 valence electrons. The van der Waals surface area contributed by atoms with Crippen LogP contribution in [0.25, 0.3) is 11.1 Å². The normalized spacial score (nSPS) is 18.1. The van der Waals surface area contributed by atoms with Gasteiger partial charge in [0.25, 0.3) is 0 Å². The first-order chi connectivity index (χ1) is 7.36. The lowest BCUT2D eigenvalue weighted by molar-refractivity contribution is 0.270. The van der Waals surface area contributed by atoms with E-state index in [1.807, 2.05) is 30.3 Å². The second-order valence-electron chi connectivity index (χ2n) is 3.55. The highest BCUT2D eigenvalue weighted by molar-refractivity contribution is 7.99. The van der Waals surface area contributed by atoms with Gasteiger partial charge in [0.1, 0.15) is 5.44 Å². The van der Waals surface area contributed by atoms with Gasteiger partial charge < -0.3 is 5.11 Å². The van der Waals surface area contributed by atoms with E-state index in [1.54, 1.807) is 0 Å². The number of hydrogen-bond acceptors (Lipinski definition) is 2. The second kappa shape index (κ2) is 3.40. The van der Waals surface area contributed by atoms with E-state index in [1.165, 1.54) is 17.3 Å². The minimum absolute atomic E-state index is 0.434. The molecule has 1 atom stereocenters. The van der Waals surface area contributed by atoms with Crippen molar-refractivity contribution < 1.29 is 5.11 Å². The van der Waals surface area contributed by atoms with Crippen LogP contribution in [0.15, 0.2) is 53.4 Å². The van der Waals surface area contributed by atoms with E-state index < -0.39 is 5.44 Å². The Bertz CT molecular complexity index is 507. The highest BCUT2D eigenvalue weighted by atomic mass is 32.2. The summed E-state index contributed by atoms with van der Waals surface area (Å²) in [6.07, 6.45) is 0. The predicted molar refractivity (Wildman–Crippen MR) is 62.7 cm³/mol. The summed E-state index contributed by atoms with van der Waals surface area (Å²) in [4.78, 5) is 1.16. The summed E-state index contributed by atoms with van der Waals surface area (Å²) >= 11 is 1.51. The lowest BCUT2D eigenvalue weighted by Crippen LogP contribution is -2.01. The van der Waals surface area contributed by atoms with Crippen molar-refractivity contribution in [3.63, 3.8) is 0 Å². The third kappa shape index (κ3) is 1.37. The Labute approximate surface area is 92.8 Å². The van der Waals surface area contributed by atoms with Gasteiger partial charge in [0.2, 0.25) is 0 Å². The molecule has 1 nitrogen and oxygen atoms in total. The van der Waals surface area contributed by atoms with Gasteiger partial charge in [0.05, 0.1) is 0 Å². The zero-order valence-corrected chi connectivity index (χ0v) is 8.87. The molecular formula is C13H10OS. The number of aliphatic hydroxyl groups is 1. The molecule has 0 radical (unpaired) electrons. The Morgan fingerprint density at radius 1 is 0.867 bits per heavy atom. The lowest BCUT2D eigenvalue weighted by Gasteiger charge is -2.23. The first kappa shape index (κ1) is 9.01. The van der Waals surface area contributed by atoms with E-state index in [4.69, 9.17) is 0 Å². The van der Waals surface area contributed by atoms with Gasteiger partial charge >= 0.3 is 0 Å². The third-order valence-electron chi connectivity index (χ3n) is 2.64. The summed E-state index contributed by atoms with van der Waals surface area (Å²) in [6, 6.07) is 16.2. The molecule has 0 saturated carbocycles. The Kier molecular flexibility index (Phi) is 2.04. The number of thioether (sulfide) groups is 1. The Hall–Kier alpha value is -1.25. The quantitative estimate of drug-likeness (QED) is 0.724. The van der Waals surface area contributed by atoms with Gasteiger partial charge in [-0.25, -0.2) is 0 Å². The number of hydrogen-bond donors (Lipinski definition) is 1. The molecule has 2 aromatic rings. The zero-order chi connectivity index (χ0) is 10.3. The largest absolute Gasteiger partial charge is 0.378 e. The van der Waals surface area contributed by atoms with Gasteiger partial charge in [-0.05, 0) is 22.8 Å². The van der Waals surface area contributed by atoms with E-state index in [0.29, 0.717) is 0 Å². The van der Waals surface area contributed by atoms with Crippen LogP contribution in [-0.4, -0.2) is 5.11 Å². The Morgan fingerprint density at radius 3 is 2.40 bits per heavy atom. The van der Waals surface area contributed by atoms with Crippen LogP contribution >= 0.6 is 11.8 Å². The van der Waals surface area contributed by atoms with Crippen LogP contribution in [0.2, 0.25) is 0 Å². The van der Waals surface area contributed by atoms with Crippen LogP contribution in [-0.2, 0) is 0 Å². The SMILES string of the molecule is OC1Sc2ccccc2-c2ccccc21. The van der Waals surface area contributed by atoms with Crippen LogP contribution in [0.1, 0.15) is 11.0 Å². The predicted octanol–water partition coefficient (Wildman–Crippen LogP) is 3.45. The molecule has 1 unspecified atom stereocenters. The molecule has 0 spiro atoms. The van der Waals surface area contributed by atoms with E-state index in [9.17, 15) is 5.11 Å². The molecule has 2 heteroatoms. The maximum Gasteiger partial charge on any atom is 0.130 e. The van der Waals surface area contributed by atoms with E-state index in [2.05, 4.69) is 18.2 Å². The molecule has 0 fully saturated rings.